The zero-order chi connectivity index (χ0) is 20.6. The zero-order valence-electron chi connectivity index (χ0n) is 15.6. The van der Waals surface area contributed by atoms with Crippen molar-refractivity contribution in [3.05, 3.63) is 0 Å². The molecule has 0 aliphatic heterocycles. The molecule has 1 rings (SSSR count). The summed E-state index contributed by atoms with van der Waals surface area (Å²) in [5.41, 5.74) is 0. The van der Waals surface area contributed by atoms with E-state index in [2.05, 4.69) is 0 Å². The Morgan fingerprint density at radius 1 is 0.889 bits per heavy atom. The van der Waals surface area contributed by atoms with Crippen LogP contribution in [0.15, 0.2) is 0 Å². The molecule has 0 bridgehead atoms. The zero-order valence-corrected chi connectivity index (χ0v) is 16.4. The first-order chi connectivity index (χ1) is 12.6. The molecule has 5 unspecified atom stereocenters. The van der Waals surface area contributed by atoms with Crippen LogP contribution in [-0.2, 0) is 38.1 Å². The highest BCUT2D eigenvalue weighted by atomic mass is 32.2. The second kappa shape index (κ2) is 10.8. The van der Waals surface area contributed by atoms with E-state index in [1.165, 1.54) is 39.5 Å². The van der Waals surface area contributed by atoms with E-state index >= 15 is 0 Å². The molecule has 1 saturated carbocycles. The van der Waals surface area contributed by atoms with Gasteiger partial charge < -0.3 is 18.9 Å². The fourth-order valence-electron chi connectivity index (χ4n) is 2.94. The van der Waals surface area contributed by atoms with Gasteiger partial charge in [0.2, 0.25) is 0 Å². The first-order valence-corrected chi connectivity index (χ1v) is 9.34. The third-order valence-electron chi connectivity index (χ3n) is 3.78. The molecular weight excluding hydrogens is 378 g/mol. The van der Waals surface area contributed by atoms with Crippen LogP contribution in [0.1, 0.15) is 34.1 Å². The summed E-state index contributed by atoms with van der Waals surface area (Å²) in [6.45, 7) is 4.77. The van der Waals surface area contributed by atoms with Crippen molar-refractivity contribution in [1.82, 2.24) is 0 Å². The topological polar surface area (TPSA) is 129 Å². The van der Waals surface area contributed by atoms with Crippen LogP contribution in [0.2, 0.25) is 0 Å². The van der Waals surface area contributed by atoms with Crippen molar-refractivity contribution in [3.8, 4) is 6.07 Å². The fraction of sp³-hybridized carbons (Fsp3) is 0.706. The Kier molecular flexibility index (Phi) is 9.08. The van der Waals surface area contributed by atoms with Crippen molar-refractivity contribution in [1.29, 1.82) is 5.26 Å². The molecule has 0 aromatic heterocycles. The third kappa shape index (κ3) is 7.46. The van der Waals surface area contributed by atoms with Gasteiger partial charge in [0, 0.05) is 38.9 Å². The lowest BCUT2D eigenvalue weighted by Crippen LogP contribution is -2.58. The summed E-state index contributed by atoms with van der Waals surface area (Å²) in [6, 6.07) is 2.00. The van der Waals surface area contributed by atoms with Crippen molar-refractivity contribution in [2.45, 2.75) is 57.7 Å². The Morgan fingerprint density at radius 3 is 1.89 bits per heavy atom. The van der Waals surface area contributed by atoms with Crippen LogP contribution >= 0.6 is 11.8 Å². The van der Waals surface area contributed by atoms with E-state index in [0.29, 0.717) is 6.42 Å². The Morgan fingerprint density at radius 2 is 1.41 bits per heavy atom. The maximum atomic E-state index is 11.6. The van der Waals surface area contributed by atoms with Gasteiger partial charge in [-0.3, -0.25) is 19.2 Å². The molecule has 10 heteroatoms. The number of carbonyl (C=O) groups is 4. The molecule has 27 heavy (non-hydrogen) atoms. The summed E-state index contributed by atoms with van der Waals surface area (Å²) in [7, 11) is 0. The number of ether oxygens (including phenoxy) is 4. The minimum Gasteiger partial charge on any atom is -0.465 e. The highest BCUT2D eigenvalue weighted by Gasteiger charge is 2.51. The van der Waals surface area contributed by atoms with Gasteiger partial charge in [-0.1, -0.05) is 0 Å². The first-order valence-electron chi connectivity index (χ1n) is 8.29. The van der Waals surface area contributed by atoms with Crippen LogP contribution in [0.25, 0.3) is 0 Å². The summed E-state index contributed by atoms with van der Waals surface area (Å²) in [5.74, 6) is -2.75. The number of rotatable bonds is 7. The second-order valence-electron chi connectivity index (χ2n) is 6.03. The molecule has 0 heterocycles. The van der Waals surface area contributed by atoms with E-state index in [4.69, 9.17) is 24.2 Å². The second-order valence-corrected chi connectivity index (χ2v) is 7.26. The van der Waals surface area contributed by atoms with E-state index in [9.17, 15) is 19.2 Å². The summed E-state index contributed by atoms with van der Waals surface area (Å²) in [6.07, 6.45) is -2.63. The van der Waals surface area contributed by atoms with Gasteiger partial charge in [-0.15, -0.1) is 11.8 Å². The van der Waals surface area contributed by atoms with Gasteiger partial charge in [0.05, 0.1) is 18.4 Å². The van der Waals surface area contributed by atoms with Gasteiger partial charge in [0.15, 0.2) is 12.2 Å². The lowest BCUT2D eigenvalue weighted by Gasteiger charge is -2.44. The quantitative estimate of drug-likeness (QED) is 0.450. The van der Waals surface area contributed by atoms with Crippen molar-refractivity contribution in [2.75, 3.05) is 12.4 Å². The average Bonchev–Trinajstić information content (AvgIpc) is 2.54. The molecule has 150 valence electrons. The molecule has 1 fully saturated rings. The average molecular weight is 401 g/mol. The lowest BCUT2D eigenvalue weighted by atomic mass is 9.82. The number of carbonyl (C=O) groups excluding carboxylic acids is 4. The standard InChI is InChI=1S/C17H23NO8S/c1-9(19)23-8-13-7-14(27-6-5-18)16(25-11(3)21)17(26-12(4)22)15(13)24-10(2)20/h13-17H,6-8H2,1-4H3. The Bertz CT molecular complexity index is 617. The van der Waals surface area contributed by atoms with Gasteiger partial charge in [-0.05, 0) is 6.42 Å². The van der Waals surface area contributed by atoms with Crippen LogP contribution in [0.3, 0.4) is 0 Å². The summed E-state index contributed by atoms with van der Waals surface area (Å²) in [5, 5.41) is 8.47. The summed E-state index contributed by atoms with van der Waals surface area (Å²) < 4.78 is 21.1. The van der Waals surface area contributed by atoms with Gasteiger partial charge >= 0.3 is 23.9 Å². The minimum atomic E-state index is -1.08. The molecule has 0 radical (unpaired) electrons. The van der Waals surface area contributed by atoms with E-state index in [1.54, 1.807) is 0 Å². The maximum absolute atomic E-state index is 11.6. The molecule has 5 atom stereocenters. The highest BCUT2D eigenvalue weighted by molar-refractivity contribution is 8.00. The minimum absolute atomic E-state index is 0.0680. The molecule has 1 aliphatic carbocycles. The van der Waals surface area contributed by atoms with E-state index < -0.39 is 53.4 Å². The smallest absolute Gasteiger partial charge is 0.303 e. The van der Waals surface area contributed by atoms with Gasteiger partial charge in [-0.2, -0.15) is 5.26 Å². The monoisotopic (exact) mass is 401 g/mol. The van der Waals surface area contributed by atoms with E-state index in [1.807, 2.05) is 6.07 Å². The van der Waals surface area contributed by atoms with Gasteiger partial charge in [0.1, 0.15) is 6.10 Å². The molecule has 0 N–H and O–H groups in total. The third-order valence-corrected chi connectivity index (χ3v) is 4.97. The predicted octanol–water partition coefficient (Wildman–Crippen LogP) is 0.990. The number of thioether (sulfide) groups is 1. The first kappa shape index (κ1) is 22.8. The lowest BCUT2D eigenvalue weighted by molar-refractivity contribution is -0.198. The number of nitriles is 1. The summed E-state index contributed by atoms with van der Waals surface area (Å²) >= 11 is 1.23. The SMILES string of the molecule is CC(=O)OCC1CC(SCC#N)C(OC(C)=O)C(OC(C)=O)C1OC(C)=O. The number of hydrogen-bond acceptors (Lipinski definition) is 10. The van der Waals surface area contributed by atoms with Crippen molar-refractivity contribution in [2.24, 2.45) is 5.92 Å². The number of esters is 4. The van der Waals surface area contributed by atoms with Gasteiger partial charge in [-0.25, -0.2) is 0 Å². The molecule has 0 aromatic rings. The molecule has 0 spiro atoms. The molecule has 0 aromatic carbocycles. The number of nitrogens with zero attached hydrogens (tertiary/aromatic N) is 1. The van der Waals surface area contributed by atoms with Crippen LogP contribution in [0.4, 0.5) is 0 Å². The Hall–Kier alpha value is -2.28. The van der Waals surface area contributed by atoms with Crippen molar-refractivity contribution < 1.29 is 38.1 Å². The van der Waals surface area contributed by atoms with E-state index in [-0.39, 0.29) is 12.4 Å². The normalized spacial score (nSPS) is 27.0. The van der Waals surface area contributed by atoms with Crippen molar-refractivity contribution >= 4 is 35.6 Å². The van der Waals surface area contributed by atoms with Crippen LogP contribution < -0.4 is 0 Å². The van der Waals surface area contributed by atoms with Crippen LogP contribution in [0, 0.1) is 17.2 Å². The van der Waals surface area contributed by atoms with Gasteiger partial charge in [0.25, 0.3) is 0 Å². The number of hydrogen-bond donors (Lipinski definition) is 0. The molecule has 9 nitrogen and oxygen atoms in total. The van der Waals surface area contributed by atoms with Crippen LogP contribution in [0.5, 0.6) is 0 Å². The molecule has 0 amide bonds. The molecular formula is C17H23NO8S. The maximum Gasteiger partial charge on any atom is 0.303 e. The molecule has 1 aliphatic rings. The van der Waals surface area contributed by atoms with Crippen LogP contribution in [-0.4, -0.2) is 59.8 Å². The largest absolute Gasteiger partial charge is 0.465 e. The predicted molar refractivity (Wildman–Crippen MR) is 93.3 cm³/mol. The van der Waals surface area contributed by atoms with Crippen molar-refractivity contribution in [3.63, 3.8) is 0 Å². The van der Waals surface area contributed by atoms with E-state index in [0.717, 1.165) is 0 Å². The fourth-order valence-corrected chi connectivity index (χ4v) is 4.02. The Labute approximate surface area is 161 Å². The highest BCUT2D eigenvalue weighted by Crippen LogP contribution is 2.38. The Balaban J connectivity index is 3.25. The molecule has 0 saturated heterocycles. The summed E-state index contributed by atoms with van der Waals surface area (Å²) in [4.78, 5) is 46.0.